The minimum Gasteiger partial charge on any atom is -0.309 e. The van der Waals surface area contributed by atoms with E-state index in [-0.39, 0.29) is 5.92 Å². The van der Waals surface area contributed by atoms with Gasteiger partial charge in [0.15, 0.2) is 5.82 Å². The summed E-state index contributed by atoms with van der Waals surface area (Å²) in [7, 11) is 0. The molecule has 0 N–H and O–H groups in total. The van der Waals surface area contributed by atoms with E-state index in [9.17, 15) is 0 Å². The van der Waals surface area contributed by atoms with Crippen molar-refractivity contribution in [2.24, 2.45) is 0 Å². The van der Waals surface area contributed by atoms with E-state index in [0.29, 0.717) is 0 Å². The second-order valence-electron chi connectivity index (χ2n) is 14.5. The molecule has 4 nitrogen and oxygen atoms in total. The first kappa shape index (κ1) is 32.2. The first-order valence-electron chi connectivity index (χ1n) is 19.3. The van der Waals surface area contributed by atoms with Crippen molar-refractivity contribution in [3.05, 3.63) is 211 Å². The molecule has 0 radical (unpaired) electrons. The predicted octanol–water partition coefficient (Wildman–Crippen LogP) is 13.5. The van der Waals surface area contributed by atoms with Crippen LogP contribution in [0.3, 0.4) is 0 Å². The lowest BCUT2D eigenvalue weighted by Crippen LogP contribution is -2.15. The third-order valence-electron chi connectivity index (χ3n) is 11.3. The summed E-state index contributed by atoms with van der Waals surface area (Å²) in [5.74, 6) is 0.998. The Labute approximate surface area is 326 Å². The van der Waals surface area contributed by atoms with Crippen LogP contribution in [0, 0.1) is 0 Å². The molecule has 0 spiro atoms. The normalized spacial score (nSPS) is 14.7. The zero-order valence-electron chi connectivity index (χ0n) is 30.6. The second kappa shape index (κ2) is 13.2. The second-order valence-corrected chi connectivity index (χ2v) is 14.5. The van der Waals surface area contributed by atoms with Gasteiger partial charge in [-0.15, -0.1) is 0 Å². The minimum absolute atomic E-state index is 0.203. The van der Waals surface area contributed by atoms with Gasteiger partial charge in [0, 0.05) is 39.3 Å². The summed E-state index contributed by atoms with van der Waals surface area (Å²) in [5, 5.41) is 1.21. The Kier molecular flexibility index (Phi) is 7.59. The highest BCUT2D eigenvalue weighted by molar-refractivity contribution is 6.14. The van der Waals surface area contributed by atoms with Crippen LogP contribution in [0.1, 0.15) is 23.5 Å². The number of benzene rings is 7. The lowest BCUT2D eigenvalue weighted by Gasteiger charge is -2.28. The summed E-state index contributed by atoms with van der Waals surface area (Å²) >= 11 is 0. The Morgan fingerprint density at radius 3 is 1.82 bits per heavy atom. The van der Waals surface area contributed by atoms with Gasteiger partial charge in [-0.2, -0.15) is 0 Å². The molecule has 9 aromatic rings. The van der Waals surface area contributed by atoms with Gasteiger partial charge in [0.05, 0.1) is 33.6 Å². The van der Waals surface area contributed by atoms with Gasteiger partial charge in [0.2, 0.25) is 0 Å². The standard InChI is InChI=1S/C52H36N4/c1-4-18-35(19-5-1)38-32-39(36-20-6-2-7-21-36)34-40(33-38)55-46-29-15-10-24-41(46)49-42-25-11-16-30-47(42)56(48-31-17-12-26-43(48)51(49)55)52-50(37-22-8-3-9-23-37)53-44-27-13-14-28-45(44)54-52/h1-31,33-34,38H,32H2. The maximum atomic E-state index is 5.46. The number of allylic oxidation sites excluding steroid dienone is 4. The Morgan fingerprint density at radius 1 is 0.500 bits per heavy atom. The molecule has 1 aliphatic carbocycles. The number of hydrogen-bond donors (Lipinski definition) is 0. The van der Waals surface area contributed by atoms with Crippen molar-refractivity contribution in [3.63, 3.8) is 0 Å². The number of hydrogen-bond acceptors (Lipinski definition) is 3. The zero-order valence-corrected chi connectivity index (χ0v) is 30.6. The fourth-order valence-corrected chi connectivity index (χ4v) is 8.77. The number of anilines is 3. The fraction of sp³-hybridized carbons (Fsp3) is 0.0385. The molecule has 11 rings (SSSR count). The molecule has 0 bridgehead atoms. The van der Waals surface area contributed by atoms with Crippen LogP contribution in [0.2, 0.25) is 0 Å². The lowest BCUT2D eigenvalue weighted by molar-refractivity contribution is 0.862. The first-order valence-corrected chi connectivity index (χ1v) is 19.3. The minimum atomic E-state index is 0.203. The largest absolute Gasteiger partial charge is 0.309 e. The van der Waals surface area contributed by atoms with Gasteiger partial charge in [-0.1, -0.05) is 164 Å². The third-order valence-corrected chi connectivity index (χ3v) is 11.3. The topological polar surface area (TPSA) is 34.0 Å². The van der Waals surface area contributed by atoms with Gasteiger partial charge in [-0.3, -0.25) is 4.90 Å². The Hall–Kier alpha value is -7.30. The molecule has 2 aromatic heterocycles. The molecule has 0 saturated carbocycles. The average Bonchev–Trinajstić information content (AvgIpc) is 3.56. The van der Waals surface area contributed by atoms with E-state index < -0.39 is 0 Å². The molecule has 264 valence electrons. The summed E-state index contributed by atoms with van der Waals surface area (Å²) < 4.78 is 2.52. The summed E-state index contributed by atoms with van der Waals surface area (Å²) in [5.41, 5.74) is 16.6. The Bertz CT molecular complexity index is 3000. The van der Waals surface area contributed by atoms with Gasteiger partial charge < -0.3 is 4.57 Å². The lowest BCUT2D eigenvalue weighted by atomic mass is 9.84. The van der Waals surface area contributed by atoms with Crippen LogP contribution in [0.25, 0.3) is 66.8 Å². The van der Waals surface area contributed by atoms with E-state index in [1.165, 1.54) is 33.2 Å². The number of fused-ring (bicyclic) bond motifs is 8. The van der Waals surface area contributed by atoms with E-state index >= 15 is 0 Å². The van der Waals surface area contributed by atoms with Crippen LogP contribution in [0.4, 0.5) is 17.2 Å². The highest BCUT2D eigenvalue weighted by Crippen LogP contribution is 2.55. The molecule has 4 heteroatoms. The van der Waals surface area contributed by atoms with Crippen molar-refractivity contribution in [1.29, 1.82) is 0 Å². The molecule has 1 atom stereocenters. The van der Waals surface area contributed by atoms with Gasteiger partial charge in [0.1, 0.15) is 5.69 Å². The average molecular weight is 717 g/mol. The molecule has 2 aliphatic rings. The van der Waals surface area contributed by atoms with Gasteiger partial charge >= 0.3 is 0 Å². The molecule has 1 unspecified atom stereocenters. The van der Waals surface area contributed by atoms with Crippen molar-refractivity contribution in [2.75, 3.05) is 4.90 Å². The van der Waals surface area contributed by atoms with Crippen LogP contribution in [0.5, 0.6) is 0 Å². The van der Waals surface area contributed by atoms with Crippen LogP contribution in [-0.2, 0) is 0 Å². The number of aromatic nitrogens is 3. The van der Waals surface area contributed by atoms with Gasteiger partial charge in [-0.25, -0.2) is 9.97 Å². The maximum Gasteiger partial charge on any atom is 0.165 e. The Balaban J connectivity index is 1.23. The van der Waals surface area contributed by atoms with Crippen molar-refractivity contribution in [3.8, 4) is 33.6 Å². The fourth-order valence-electron chi connectivity index (χ4n) is 8.77. The van der Waals surface area contributed by atoms with Crippen LogP contribution in [0.15, 0.2) is 200 Å². The molecule has 3 heterocycles. The highest BCUT2D eigenvalue weighted by atomic mass is 15.2. The van der Waals surface area contributed by atoms with Crippen molar-refractivity contribution >= 4 is 50.4 Å². The monoisotopic (exact) mass is 716 g/mol. The summed E-state index contributed by atoms with van der Waals surface area (Å²) in [6.07, 6.45) is 5.82. The summed E-state index contributed by atoms with van der Waals surface area (Å²) in [6, 6.07) is 66.9. The first-order chi connectivity index (χ1) is 27.8. The molecule has 0 fully saturated rings. The SMILES string of the molecule is C1=C(c2ccccc2)CC(c2ccccc2)C=C1n1c2c(c3ccccc31)-c1ccccc1N(c1nc3ccccc3nc1-c1ccccc1)c1ccccc1-2. The van der Waals surface area contributed by atoms with Gasteiger partial charge in [0.25, 0.3) is 0 Å². The van der Waals surface area contributed by atoms with Crippen molar-refractivity contribution < 1.29 is 0 Å². The smallest absolute Gasteiger partial charge is 0.165 e. The molecule has 0 saturated heterocycles. The van der Waals surface area contributed by atoms with E-state index in [1.807, 2.05) is 18.2 Å². The number of para-hydroxylation sites is 5. The van der Waals surface area contributed by atoms with E-state index in [2.05, 4.69) is 191 Å². The van der Waals surface area contributed by atoms with E-state index in [1.54, 1.807) is 0 Å². The van der Waals surface area contributed by atoms with Crippen molar-refractivity contribution in [1.82, 2.24) is 14.5 Å². The molecule has 7 aromatic carbocycles. The van der Waals surface area contributed by atoms with E-state index in [0.717, 1.165) is 68.4 Å². The highest BCUT2D eigenvalue weighted by Gasteiger charge is 2.34. The van der Waals surface area contributed by atoms with Gasteiger partial charge in [-0.05, 0) is 59.5 Å². The van der Waals surface area contributed by atoms with Crippen LogP contribution < -0.4 is 4.90 Å². The quantitative estimate of drug-likeness (QED) is 0.178. The Morgan fingerprint density at radius 2 is 1.07 bits per heavy atom. The molecule has 56 heavy (non-hydrogen) atoms. The molecular formula is C52H36N4. The number of nitrogens with zero attached hydrogens (tertiary/aromatic N) is 4. The van der Waals surface area contributed by atoms with Crippen LogP contribution >= 0.6 is 0 Å². The zero-order chi connectivity index (χ0) is 37.0. The van der Waals surface area contributed by atoms with Crippen LogP contribution in [-0.4, -0.2) is 14.5 Å². The third kappa shape index (κ3) is 5.22. The molecule has 0 amide bonds. The maximum absolute atomic E-state index is 5.46. The van der Waals surface area contributed by atoms with Crippen molar-refractivity contribution in [2.45, 2.75) is 12.3 Å². The summed E-state index contributed by atoms with van der Waals surface area (Å²) in [4.78, 5) is 13.1. The predicted molar refractivity (Wildman–Crippen MR) is 232 cm³/mol. The summed E-state index contributed by atoms with van der Waals surface area (Å²) in [6.45, 7) is 0. The molecular weight excluding hydrogens is 681 g/mol. The molecule has 1 aliphatic heterocycles. The van der Waals surface area contributed by atoms with E-state index in [4.69, 9.17) is 9.97 Å². The number of rotatable bonds is 5.